The maximum atomic E-state index is 12.2. The topological polar surface area (TPSA) is 67.9 Å². The molecule has 2 amide bonds. The molecule has 0 radical (unpaired) electrons. The van der Waals surface area contributed by atoms with Gasteiger partial charge in [0.15, 0.2) is 11.5 Å². The quantitative estimate of drug-likeness (QED) is 0.838. The second-order valence-corrected chi connectivity index (χ2v) is 5.42. The van der Waals surface area contributed by atoms with Crippen LogP contribution in [0.4, 0.5) is 5.69 Å². The molecule has 1 aromatic carbocycles. The number of benzene rings is 1. The van der Waals surface area contributed by atoms with Crippen LogP contribution in [-0.4, -0.2) is 43.0 Å². The number of ether oxygens (including phenoxy) is 2. The number of amides is 2. The first-order valence-electron chi connectivity index (χ1n) is 8.11. The number of anilines is 1. The van der Waals surface area contributed by atoms with Gasteiger partial charge in [-0.1, -0.05) is 13.3 Å². The Bertz CT molecular complexity index is 560. The zero-order chi connectivity index (χ0) is 16.7. The average Bonchev–Trinajstić information content (AvgIpc) is 2.57. The number of unbranched alkanes of at least 4 members (excludes halogenated alkanes) is 1. The third-order valence-corrected chi connectivity index (χ3v) is 3.64. The molecule has 1 aliphatic rings. The highest BCUT2D eigenvalue weighted by Gasteiger charge is 2.16. The van der Waals surface area contributed by atoms with E-state index in [9.17, 15) is 9.59 Å². The molecule has 6 nitrogen and oxygen atoms in total. The fourth-order valence-electron chi connectivity index (χ4n) is 2.36. The molecule has 6 heteroatoms. The van der Waals surface area contributed by atoms with E-state index in [1.165, 1.54) is 0 Å². The van der Waals surface area contributed by atoms with Crippen molar-refractivity contribution in [2.24, 2.45) is 0 Å². The molecule has 0 atom stereocenters. The lowest BCUT2D eigenvalue weighted by Crippen LogP contribution is -2.37. The van der Waals surface area contributed by atoms with Crippen LogP contribution < -0.4 is 14.8 Å². The standard InChI is InChI=1S/C17H24N2O4/c1-3-5-6-17(21)19(4-2)12-16(20)18-13-7-8-14-15(11-13)23-10-9-22-14/h7-8,11H,3-6,9-10,12H2,1-2H3,(H,18,20). The predicted molar refractivity (Wildman–Crippen MR) is 87.8 cm³/mol. The number of hydrogen-bond acceptors (Lipinski definition) is 4. The number of carbonyl (C=O) groups is 2. The Balaban J connectivity index is 1.91. The molecule has 0 bridgehead atoms. The third kappa shape index (κ3) is 4.87. The van der Waals surface area contributed by atoms with Gasteiger partial charge in [0.05, 0.1) is 6.54 Å². The van der Waals surface area contributed by atoms with Crippen LogP contribution in [0.5, 0.6) is 11.5 Å². The van der Waals surface area contributed by atoms with Crippen molar-refractivity contribution in [1.82, 2.24) is 4.90 Å². The van der Waals surface area contributed by atoms with Gasteiger partial charge in [-0.05, 0) is 25.5 Å². The van der Waals surface area contributed by atoms with Crippen LogP contribution in [0.15, 0.2) is 18.2 Å². The summed E-state index contributed by atoms with van der Waals surface area (Å²) in [4.78, 5) is 25.7. The zero-order valence-corrected chi connectivity index (χ0v) is 13.8. The summed E-state index contributed by atoms with van der Waals surface area (Å²) in [5.74, 6) is 1.11. The van der Waals surface area contributed by atoms with E-state index in [4.69, 9.17) is 9.47 Å². The first-order chi connectivity index (χ1) is 11.1. The molecule has 1 aromatic rings. The van der Waals surface area contributed by atoms with Crippen LogP contribution in [-0.2, 0) is 9.59 Å². The highest BCUT2D eigenvalue weighted by Crippen LogP contribution is 2.32. The summed E-state index contributed by atoms with van der Waals surface area (Å²) in [5, 5.41) is 2.80. The van der Waals surface area contributed by atoms with Crippen molar-refractivity contribution in [3.8, 4) is 11.5 Å². The maximum Gasteiger partial charge on any atom is 0.243 e. The molecule has 0 spiro atoms. The van der Waals surface area contributed by atoms with Crippen LogP contribution in [0.1, 0.15) is 33.1 Å². The Hall–Kier alpha value is -2.24. The first kappa shape index (κ1) is 17.1. The number of nitrogens with one attached hydrogen (secondary N) is 1. The highest BCUT2D eigenvalue weighted by atomic mass is 16.6. The lowest BCUT2D eigenvalue weighted by molar-refractivity contribution is -0.134. The Morgan fingerprint density at radius 1 is 1.17 bits per heavy atom. The Morgan fingerprint density at radius 3 is 2.61 bits per heavy atom. The van der Waals surface area contributed by atoms with E-state index in [2.05, 4.69) is 5.32 Å². The molecule has 0 saturated heterocycles. The van der Waals surface area contributed by atoms with Gasteiger partial charge in [-0.2, -0.15) is 0 Å². The molecule has 0 aromatic heterocycles. The molecular formula is C17H24N2O4. The predicted octanol–water partition coefficient (Wildman–Crippen LogP) is 2.44. The van der Waals surface area contributed by atoms with Gasteiger partial charge in [-0.3, -0.25) is 9.59 Å². The summed E-state index contributed by atoms with van der Waals surface area (Å²) in [6, 6.07) is 5.27. The number of carbonyl (C=O) groups excluding carboxylic acids is 2. The molecule has 1 aliphatic heterocycles. The smallest absolute Gasteiger partial charge is 0.243 e. The fraction of sp³-hybridized carbons (Fsp3) is 0.529. The number of nitrogens with zero attached hydrogens (tertiary/aromatic N) is 1. The summed E-state index contributed by atoms with van der Waals surface area (Å²) in [7, 11) is 0. The van der Waals surface area contributed by atoms with Gasteiger partial charge in [0, 0.05) is 24.7 Å². The van der Waals surface area contributed by atoms with Crippen LogP contribution in [0, 0.1) is 0 Å². The summed E-state index contributed by atoms with van der Waals surface area (Å²) in [6.45, 7) is 5.54. The molecule has 23 heavy (non-hydrogen) atoms. The highest BCUT2D eigenvalue weighted by molar-refractivity contribution is 5.94. The van der Waals surface area contributed by atoms with Gasteiger partial charge in [-0.15, -0.1) is 0 Å². The van der Waals surface area contributed by atoms with E-state index in [1.54, 1.807) is 23.1 Å². The number of likely N-dealkylation sites (N-methyl/N-ethyl adjacent to an activating group) is 1. The lowest BCUT2D eigenvalue weighted by Gasteiger charge is -2.21. The number of hydrogen-bond donors (Lipinski definition) is 1. The normalized spacial score (nSPS) is 12.6. The lowest BCUT2D eigenvalue weighted by atomic mass is 10.2. The molecule has 126 valence electrons. The second kappa shape index (κ2) is 8.41. The molecule has 0 saturated carbocycles. The van der Waals surface area contributed by atoms with Gasteiger partial charge in [-0.25, -0.2) is 0 Å². The zero-order valence-electron chi connectivity index (χ0n) is 13.8. The molecule has 1 heterocycles. The van der Waals surface area contributed by atoms with Gasteiger partial charge in [0.25, 0.3) is 0 Å². The van der Waals surface area contributed by atoms with E-state index >= 15 is 0 Å². The van der Waals surface area contributed by atoms with Crippen molar-refractivity contribution < 1.29 is 19.1 Å². The van der Waals surface area contributed by atoms with Crippen LogP contribution in [0.3, 0.4) is 0 Å². The fourth-order valence-corrected chi connectivity index (χ4v) is 2.36. The summed E-state index contributed by atoms with van der Waals surface area (Å²) in [6.07, 6.45) is 2.30. The van der Waals surface area contributed by atoms with E-state index in [0.717, 1.165) is 12.8 Å². The molecule has 0 fully saturated rings. The minimum atomic E-state index is -0.214. The van der Waals surface area contributed by atoms with Crippen molar-refractivity contribution >= 4 is 17.5 Å². The molecular weight excluding hydrogens is 296 g/mol. The molecule has 2 rings (SSSR count). The SMILES string of the molecule is CCCCC(=O)N(CC)CC(=O)Nc1ccc2c(c1)OCCO2. The molecule has 0 unspecified atom stereocenters. The van der Waals surface area contributed by atoms with Crippen molar-refractivity contribution in [2.45, 2.75) is 33.1 Å². The maximum absolute atomic E-state index is 12.2. The average molecular weight is 320 g/mol. The van der Waals surface area contributed by atoms with E-state index in [-0.39, 0.29) is 18.4 Å². The third-order valence-electron chi connectivity index (χ3n) is 3.64. The Labute approximate surface area is 136 Å². The molecule has 0 aliphatic carbocycles. The Morgan fingerprint density at radius 2 is 1.91 bits per heavy atom. The summed E-state index contributed by atoms with van der Waals surface area (Å²) >= 11 is 0. The Kier molecular flexibility index (Phi) is 6.26. The van der Waals surface area contributed by atoms with Crippen LogP contribution >= 0.6 is 0 Å². The van der Waals surface area contributed by atoms with Crippen molar-refractivity contribution in [3.05, 3.63) is 18.2 Å². The largest absolute Gasteiger partial charge is 0.486 e. The van der Waals surface area contributed by atoms with E-state index < -0.39 is 0 Å². The number of fused-ring (bicyclic) bond motifs is 1. The summed E-state index contributed by atoms with van der Waals surface area (Å²) < 4.78 is 10.9. The van der Waals surface area contributed by atoms with Crippen molar-refractivity contribution in [3.63, 3.8) is 0 Å². The minimum absolute atomic E-state index is 0.0201. The van der Waals surface area contributed by atoms with E-state index in [0.29, 0.717) is 43.4 Å². The van der Waals surface area contributed by atoms with Gasteiger partial charge in [0.1, 0.15) is 13.2 Å². The van der Waals surface area contributed by atoms with Gasteiger partial charge in [0.2, 0.25) is 11.8 Å². The second-order valence-electron chi connectivity index (χ2n) is 5.42. The van der Waals surface area contributed by atoms with Gasteiger partial charge < -0.3 is 19.7 Å². The van der Waals surface area contributed by atoms with Crippen LogP contribution in [0.2, 0.25) is 0 Å². The van der Waals surface area contributed by atoms with Crippen LogP contribution in [0.25, 0.3) is 0 Å². The van der Waals surface area contributed by atoms with Gasteiger partial charge >= 0.3 is 0 Å². The summed E-state index contributed by atoms with van der Waals surface area (Å²) in [5.41, 5.74) is 0.635. The van der Waals surface area contributed by atoms with Crippen molar-refractivity contribution in [1.29, 1.82) is 0 Å². The van der Waals surface area contributed by atoms with E-state index in [1.807, 2.05) is 13.8 Å². The minimum Gasteiger partial charge on any atom is -0.486 e. The molecule has 1 N–H and O–H groups in total. The number of rotatable bonds is 7. The van der Waals surface area contributed by atoms with Crippen molar-refractivity contribution in [2.75, 3.05) is 31.6 Å². The first-order valence-corrected chi connectivity index (χ1v) is 8.11. The monoisotopic (exact) mass is 320 g/mol.